The highest BCUT2D eigenvalue weighted by molar-refractivity contribution is 7.91. The zero-order valence-corrected chi connectivity index (χ0v) is 16.3. The molecule has 140 valence electrons. The van der Waals surface area contributed by atoms with Crippen molar-refractivity contribution < 1.29 is 17.6 Å². The van der Waals surface area contributed by atoms with Gasteiger partial charge in [-0.3, -0.25) is 4.79 Å². The Bertz CT molecular complexity index is 911. The number of nitrogens with zero attached hydrogens (tertiary/aromatic N) is 2. The number of hydrogen-bond acceptors (Lipinski definition) is 4. The van der Waals surface area contributed by atoms with Crippen LogP contribution in [0.5, 0.6) is 0 Å². The molecule has 0 bridgehead atoms. The summed E-state index contributed by atoms with van der Waals surface area (Å²) in [6.07, 6.45) is 1.19. The first-order valence-electron chi connectivity index (χ1n) is 8.39. The number of amides is 1. The lowest BCUT2D eigenvalue weighted by Crippen LogP contribution is -2.45. The molecule has 0 radical (unpaired) electrons. The van der Waals surface area contributed by atoms with E-state index in [2.05, 4.69) is 0 Å². The van der Waals surface area contributed by atoms with Crippen LogP contribution in [-0.2, 0) is 14.8 Å². The second-order valence-electron chi connectivity index (χ2n) is 6.42. The molecule has 2 heterocycles. The normalized spacial score (nSPS) is 18.7. The van der Waals surface area contributed by atoms with Gasteiger partial charge in [0, 0.05) is 25.0 Å². The molecule has 1 amide bonds. The number of thiophene rings is 1. The summed E-state index contributed by atoms with van der Waals surface area (Å²) in [6, 6.07) is 9.45. The molecule has 3 rings (SSSR count). The molecule has 5 nitrogen and oxygen atoms in total. The Kier molecular flexibility index (Phi) is 5.45. The number of hydrogen-bond donors (Lipinski definition) is 0. The lowest BCUT2D eigenvalue weighted by Gasteiger charge is -2.33. The summed E-state index contributed by atoms with van der Waals surface area (Å²) >= 11 is 1.23. The van der Waals surface area contributed by atoms with E-state index in [1.54, 1.807) is 30.3 Å². The maximum Gasteiger partial charge on any atom is 0.252 e. The molecular weight excluding hydrogens is 375 g/mol. The van der Waals surface area contributed by atoms with Crippen LogP contribution in [0, 0.1) is 18.7 Å². The van der Waals surface area contributed by atoms with Gasteiger partial charge < -0.3 is 4.90 Å². The molecule has 26 heavy (non-hydrogen) atoms. The van der Waals surface area contributed by atoms with Crippen molar-refractivity contribution in [3.05, 3.63) is 47.1 Å². The fourth-order valence-corrected chi connectivity index (χ4v) is 6.12. The van der Waals surface area contributed by atoms with Gasteiger partial charge in [0.1, 0.15) is 10.0 Å². The molecule has 8 heteroatoms. The molecule has 2 aromatic rings. The van der Waals surface area contributed by atoms with Crippen molar-refractivity contribution in [3.63, 3.8) is 0 Å². The van der Waals surface area contributed by atoms with E-state index < -0.39 is 21.8 Å². The Hall–Kier alpha value is -1.77. The summed E-state index contributed by atoms with van der Waals surface area (Å²) in [5.41, 5.74) is 0.200. The van der Waals surface area contributed by atoms with Crippen LogP contribution < -0.4 is 4.90 Å². The first kappa shape index (κ1) is 19.0. The minimum Gasteiger partial charge on any atom is -0.313 e. The van der Waals surface area contributed by atoms with Crippen molar-refractivity contribution in [3.8, 4) is 0 Å². The fraction of sp³-hybridized carbons (Fsp3) is 0.389. The number of sulfonamides is 1. The molecule has 1 aliphatic heterocycles. The van der Waals surface area contributed by atoms with Crippen LogP contribution in [-0.4, -0.2) is 38.8 Å². The first-order valence-corrected chi connectivity index (χ1v) is 10.6. The highest BCUT2D eigenvalue weighted by Crippen LogP contribution is 2.29. The van der Waals surface area contributed by atoms with Crippen molar-refractivity contribution in [1.82, 2.24) is 4.31 Å². The molecule has 0 N–H and O–H groups in total. The van der Waals surface area contributed by atoms with Gasteiger partial charge in [0.25, 0.3) is 10.0 Å². The largest absolute Gasteiger partial charge is 0.313 e. The molecule has 1 aliphatic rings. The second-order valence-corrected chi connectivity index (χ2v) is 9.87. The Balaban J connectivity index is 1.78. The van der Waals surface area contributed by atoms with Gasteiger partial charge in [-0.25, -0.2) is 12.8 Å². The van der Waals surface area contributed by atoms with Crippen LogP contribution in [0.2, 0.25) is 0 Å². The molecular formula is C18H21FN2O3S2. The monoisotopic (exact) mass is 396 g/mol. The minimum absolute atomic E-state index is 0.122. The van der Waals surface area contributed by atoms with Gasteiger partial charge in [0.05, 0.1) is 11.6 Å². The number of carbonyl (C=O) groups excluding carboxylic acids is 1. The zero-order valence-electron chi connectivity index (χ0n) is 14.7. The van der Waals surface area contributed by atoms with E-state index in [1.807, 2.05) is 6.92 Å². The van der Waals surface area contributed by atoms with Gasteiger partial charge in [-0.1, -0.05) is 12.1 Å². The van der Waals surface area contributed by atoms with Crippen LogP contribution in [0.25, 0.3) is 0 Å². The van der Waals surface area contributed by atoms with E-state index in [0.29, 0.717) is 23.6 Å². The molecule has 0 unspecified atom stereocenters. The lowest BCUT2D eigenvalue weighted by molar-refractivity contribution is -0.123. The standard InChI is InChI=1S/C18H21FN2O3S2/c1-13-9-10-17(25-13)26(23,24)21-11-5-6-14(12-21)18(22)20(2)16-8-4-3-7-15(16)19/h3-4,7-10,14H,5-6,11-12H2,1-2H3/t14-/m0/s1. The van der Waals surface area contributed by atoms with Crippen molar-refractivity contribution in [2.75, 3.05) is 25.0 Å². The zero-order chi connectivity index (χ0) is 18.9. The molecule has 0 spiro atoms. The van der Waals surface area contributed by atoms with Gasteiger partial charge >= 0.3 is 0 Å². The number of aryl methyl sites for hydroxylation is 1. The minimum atomic E-state index is -3.60. The van der Waals surface area contributed by atoms with E-state index in [1.165, 1.54) is 33.7 Å². The highest BCUT2D eigenvalue weighted by atomic mass is 32.2. The molecule has 1 fully saturated rings. The maximum atomic E-state index is 14.0. The van der Waals surface area contributed by atoms with E-state index in [9.17, 15) is 17.6 Å². The topological polar surface area (TPSA) is 57.7 Å². The molecule has 1 saturated heterocycles. The predicted octanol–water partition coefficient (Wildman–Crippen LogP) is 3.26. The van der Waals surface area contributed by atoms with Crippen LogP contribution in [0.4, 0.5) is 10.1 Å². The van der Waals surface area contributed by atoms with E-state index in [0.717, 1.165) is 4.88 Å². The van der Waals surface area contributed by atoms with Crippen LogP contribution in [0.15, 0.2) is 40.6 Å². The van der Waals surface area contributed by atoms with Gasteiger partial charge in [-0.15, -0.1) is 11.3 Å². The summed E-state index contributed by atoms with van der Waals surface area (Å²) in [5.74, 6) is -1.22. The SMILES string of the molecule is Cc1ccc(S(=O)(=O)N2CCC[C@H](C(=O)N(C)c3ccccc3F)C2)s1. The third-order valence-electron chi connectivity index (χ3n) is 4.59. The van der Waals surface area contributed by atoms with Gasteiger partial charge in [0.15, 0.2) is 0 Å². The molecule has 0 saturated carbocycles. The van der Waals surface area contributed by atoms with Gasteiger partial charge in [-0.05, 0) is 44.0 Å². The number of piperidine rings is 1. The second kappa shape index (κ2) is 7.46. The summed E-state index contributed by atoms with van der Waals surface area (Å²) in [4.78, 5) is 15.0. The first-order chi connectivity index (χ1) is 12.3. The predicted molar refractivity (Wildman–Crippen MR) is 100 cm³/mol. The Morgan fingerprint density at radius 3 is 2.65 bits per heavy atom. The number of para-hydroxylation sites is 1. The van der Waals surface area contributed by atoms with E-state index in [4.69, 9.17) is 0 Å². The Labute approximate surface area is 157 Å². The Morgan fingerprint density at radius 1 is 1.27 bits per heavy atom. The van der Waals surface area contributed by atoms with Gasteiger partial charge in [-0.2, -0.15) is 4.31 Å². The molecule has 0 aliphatic carbocycles. The highest BCUT2D eigenvalue weighted by Gasteiger charge is 2.35. The summed E-state index contributed by atoms with van der Waals surface area (Å²) in [5, 5.41) is 0. The number of anilines is 1. The van der Waals surface area contributed by atoms with E-state index >= 15 is 0 Å². The summed E-state index contributed by atoms with van der Waals surface area (Å²) in [7, 11) is -2.07. The maximum absolute atomic E-state index is 14.0. The summed E-state index contributed by atoms with van der Waals surface area (Å²) in [6.45, 7) is 2.37. The molecule has 1 aromatic heterocycles. The van der Waals surface area contributed by atoms with Crippen molar-refractivity contribution in [2.24, 2.45) is 5.92 Å². The quantitative estimate of drug-likeness (QED) is 0.797. The van der Waals surface area contributed by atoms with Crippen LogP contribution >= 0.6 is 11.3 Å². The number of halogens is 1. The van der Waals surface area contributed by atoms with Crippen molar-refractivity contribution >= 4 is 33.0 Å². The lowest BCUT2D eigenvalue weighted by atomic mass is 9.98. The average molecular weight is 397 g/mol. The molecule has 1 aromatic carbocycles. The number of carbonyl (C=O) groups is 1. The van der Waals surface area contributed by atoms with Crippen molar-refractivity contribution in [1.29, 1.82) is 0 Å². The average Bonchev–Trinajstić information content (AvgIpc) is 3.08. The molecule has 1 atom stereocenters. The third-order valence-corrected chi connectivity index (χ3v) is 7.92. The Morgan fingerprint density at radius 2 is 2.00 bits per heavy atom. The fourth-order valence-electron chi connectivity index (χ4n) is 3.16. The van der Waals surface area contributed by atoms with E-state index in [-0.39, 0.29) is 18.1 Å². The smallest absolute Gasteiger partial charge is 0.252 e. The number of benzene rings is 1. The van der Waals surface area contributed by atoms with Crippen LogP contribution in [0.1, 0.15) is 17.7 Å². The van der Waals surface area contributed by atoms with Gasteiger partial charge in [0.2, 0.25) is 5.91 Å². The third kappa shape index (κ3) is 3.67. The summed E-state index contributed by atoms with van der Waals surface area (Å²) < 4.78 is 41.3. The number of rotatable bonds is 4. The van der Waals surface area contributed by atoms with Crippen LogP contribution in [0.3, 0.4) is 0 Å². The van der Waals surface area contributed by atoms with Crippen molar-refractivity contribution in [2.45, 2.75) is 24.0 Å².